The van der Waals surface area contributed by atoms with E-state index in [1.807, 2.05) is 41.5 Å². The minimum absolute atomic E-state index is 0.574. The third-order valence-corrected chi connectivity index (χ3v) is 11.7. The van der Waals surface area contributed by atoms with Crippen molar-refractivity contribution in [1.82, 2.24) is 4.57 Å². The van der Waals surface area contributed by atoms with Crippen molar-refractivity contribution < 1.29 is 36.0 Å². The summed E-state index contributed by atoms with van der Waals surface area (Å²) in [7, 11) is -3.81. The molecule has 0 spiro atoms. The fraction of sp³-hybridized carbons (Fsp3) is 0.840. The van der Waals surface area contributed by atoms with E-state index in [-0.39, 0.29) is 0 Å². The summed E-state index contributed by atoms with van der Waals surface area (Å²) in [5, 5.41) is 0. The molecule has 9 nitrogen and oxygen atoms in total. The van der Waals surface area contributed by atoms with Crippen molar-refractivity contribution in [3.63, 3.8) is 0 Å². The second kappa shape index (κ2) is 19.5. The molecule has 1 aromatic heterocycles. The lowest BCUT2D eigenvalue weighted by atomic mass is 10.1. The molecule has 36 heavy (non-hydrogen) atoms. The van der Waals surface area contributed by atoms with Crippen LogP contribution in [0.4, 0.5) is 0 Å². The van der Waals surface area contributed by atoms with Gasteiger partial charge in [-0.15, -0.1) is 0 Å². The highest BCUT2D eigenvalue weighted by Gasteiger charge is 2.41. The zero-order valence-electron chi connectivity index (χ0n) is 23.8. The highest BCUT2D eigenvalue weighted by Crippen LogP contribution is 2.25. The summed E-state index contributed by atoms with van der Waals surface area (Å²) in [5.41, 5.74) is 2.52. The van der Waals surface area contributed by atoms with Gasteiger partial charge in [0.1, 0.15) is 0 Å². The van der Waals surface area contributed by atoms with Crippen molar-refractivity contribution in [1.29, 1.82) is 0 Å². The molecule has 0 saturated carbocycles. The van der Waals surface area contributed by atoms with Gasteiger partial charge in [0.2, 0.25) is 0 Å². The van der Waals surface area contributed by atoms with E-state index < -0.39 is 17.6 Å². The van der Waals surface area contributed by atoms with E-state index in [1.54, 1.807) is 7.11 Å². The van der Waals surface area contributed by atoms with Crippen molar-refractivity contribution in [2.75, 3.05) is 66.6 Å². The van der Waals surface area contributed by atoms with Gasteiger partial charge in [-0.3, -0.25) is 0 Å². The molecule has 1 heterocycles. The first-order valence-electron chi connectivity index (χ1n) is 13.5. The standard InChI is InChI=1S/C25H51NO8Si2/c1-8-29-35(30-9-2,31-10-3)20-14-24-22-26(16-17-28-19-18-27-7)23-25(24)15-21-36(32-11-4,33-12-5)34-13-6/h22-23H,8-21H2,1-7H3. The molecule has 0 atom stereocenters. The van der Waals surface area contributed by atoms with Crippen LogP contribution in [-0.2, 0) is 55.4 Å². The lowest BCUT2D eigenvalue weighted by molar-refractivity contribution is 0.0666. The Hall–Kier alpha value is -0.606. The monoisotopic (exact) mass is 549 g/mol. The first-order chi connectivity index (χ1) is 17.5. The van der Waals surface area contributed by atoms with Crippen LogP contribution in [0, 0.1) is 0 Å². The summed E-state index contributed by atoms with van der Waals surface area (Å²) < 4.78 is 49.5. The normalized spacial score (nSPS) is 12.5. The molecule has 0 N–H and O–H groups in total. The van der Waals surface area contributed by atoms with E-state index >= 15 is 0 Å². The number of hydrogen-bond donors (Lipinski definition) is 0. The van der Waals surface area contributed by atoms with Gasteiger partial charge in [0.05, 0.1) is 19.8 Å². The number of hydrogen-bond acceptors (Lipinski definition) is 8. The maximum atomic E-state index is 6.09. The number of nitrogens with zero attached hydrogens (tertiary/aromatic N) is 1. The van der Waals surface area contributed by atoms with E-state index in [9.17, 15) is 0 Å². The van der Waals surface area contributed by atoms with Crippen LogP contribution in [0.3, 0.4) is 0 Å². The second-order valence-corrected chi connectivity index (χ2v) is 13.6. The van der Waals surface area contributed by atoms with Crippen molar-refractivity contribution in [3.8, 4) is 0 Å². The summed E-state index contributed by atoms with van der Waals surface area (Å²) >= 11 is 0. The molecular weight excluding hydrogens is 498 g/mol. The average molecular weight is 550 g/mol. The predicted molar refractivity (Wildman–Crippen MR) is 145 cm³/mol. The Morgan fingerprint density at radius 1 is 0.583 bits per heavy atom. The zero-order valence-corrected chi connectivity index (χ0v) is 25.8. The minimum Gasteiger partial charge on any atom is -0.382 e. The SMILES string of the molecule is CCO[Si](CCc1cn(CCOCCOC)cc1CC[Si](OCC)(OCC)OCC)(OCC)OCC. The van der Waals surface area contributed by atoms with Gasteiger partial charge in [-0.05, 0) is 65.5 Å². The van der Waals surface area contributed by atoms with Crippen molar-refractivity contribution in [2.24, 2.45) is 0 Å². The van der Waals surface area contributed by atoms with Gasteiger partial charge < -0.3 is 40.6 Å². The van der Waals surface area contributed by atoms with Gasteiger partial charge in [0, 0.05) is 77.8 Å². The number of aryl methyl sites for hydroxylation is 2. The van der Waals surface area contributed by atoms with Crippen molar-refractivity contribution in [3.05, 3.63) is 23.5 Å². The van der Waals surface area contributed by atoms with Crippen LogP contribution >= 0.6 is 0 Å². The summed E-state index contributed by atoms with van der Waals surface area (Å²) in [6.45, 7) is 18.0. The van der Waals surface area contributed by atoms with E-state index in [1.165, 1.54) is 11.1 Å². The van der Waals surface area contributed by atoms with Crippen LogP contribution in [0.1, 0.15) is 52.7 Å². The lowest BCUT2D eigenvalue weighted by Gasteiger charge is -2.29. The van der Waals surface area contributed by atoms with Gasteiger partial charge in [-0.2, -0.15) is 0 Å². The predicted octanol–water partition coefficient (Wildman–Crippen LogP) is 4.33. The van der Waals surface area contributed by atoms with E-state index in [4.69, 9.17) is 36.0 Å². The van der Waals surface area contributed by atoms with Crippen LogP contribution in [0.2, 0.25) is 12.1 Å². The fourth-order valence-corrected chi connectivity index (χ4v) is 9.33. The average Bonchev–Trinajstić information content (AvgIpc) is 3.24. The fourth-order valence-electron chi connectivity index (χ4n) is 4.18. The Bertz CT molecular complexity index is 595. The molecule has 0 aliphatic rings. The maximum Gasteiger partial charge on any atom is 0.501 e. The third kappa shape index (κ3) is 11.8. The summed E-state index contributed by atoms with van der Waals surface area (Å²) in [5.74, 6) is 0. The molecular formula is C25H51NO8Si2. The van der Waals surface area contributed by atoms with Gasteiger partial charge in [0.25, 0.3) is 0 Å². The Morgan fingerprint density at radius 2 is 0.972 bits per heavy atom. The molecule has 1 rings (SSSR count). The second-order valence-electron chi connectivity index (χ2n) is 8.12. The van der Waals surface area contributed by atoms with Crippen LogP contribution in [0.25, 0.3) is 0 Å². The molecule has 212 valence electrons. The van der Waals surface area contributed by atoms with E-state index in [2.05, 4.69) is 17.0 Å². The first kappa shape index (κ1) is 33.4. The van der Waals surface area contributed by atoms with Gasteiger partial charge >= 0.3 is 17.6 Å². The van der Waals surface area contributed by atoms with Crippen LogP contribution in [-0.4, -0.2) is 88.7 Å². The molecule has 0 saturated heterocycles. The molecule has 0 unspecified atom stereocenters. The van der Waals surface area contributed by atoms with Crippen molar-refractivity contribution >= 4 is 17.6 Å². The number of methoxy groups -OCH3 is 1. The van der Waals surface area contributed by atoms with Gasteiger partial charge in [-0.1, -0.05) is 0 Å². The Kier molecular flexibility index (Phi) is 18.1. The van der Waals surface area contributed by atoms with Crippen molar-refractivity contribution in [2.45, 2.75) is 73.0 Å². The third-order valence-electron chi connectivity index (χ3n) is 5.57. The molecule has 0 radical (unpaired) electrons. The molecule has 11 heteroatoms. The zero-order chi connectivity index (χ0) is 26.7. The van der Waals surface area contributed by atoms with Crippen LogP contribution < -0.4 is 0 Å². The molecule has 0 fully saturated rings. The largest absolute Gasteiger partial charge is 0.501 e. The summed E-state index contributed by atoms with van der Waals surface area (Å²) in [4.78, 5) is 0. The van der Waals surface area contributed by atoms with Gasteiger partial charge in [-0.25, -0.2) is 0 Å². The number of ether oxygens (including phenoxy) is 2. The minimum atomic E-state index is -2.74. The molecule has 0 aliphatic carbocycles. The number of aromatic nitrogens is 1. The summed E-state index contributed by atoms with van der Waals surface area (Å²) in [6, 6.07) is 1.46. The molecule has 0 amide bonds. The number of rotatable bonds is 24. The summed E-state index contributed by atoms with van der Waals surface area (Å²) in [6.07, 6.45) is 6.05. The molecule has 0 aliphatic heterocycles. The van der Waals surface area contributed by atoms with Crippen LogP contribution in [0.15, 0.2) is 12.4 Å². The Labute approximate surface area is 221 Å². The highest BCUT2D eigenvalue weighted by molar-refractivity contribution is 6.61. The van der Waals surface area contributed by atoms with Crippen LogP contribution in [0.5, 0.6) is 0 Å². The molecule has 1 aromatic rings. The van der Waals surface area contributed by atoms with E-state index in [0.29, 0.717) is 59.5 Å². The maximum absolute atomic E-state index is 6.09. The lowest BCUT2D eigenvalue weighted by Crippen LogP contribution is -2.46. The smallest absolute Gasteiger partial charge is 0.382 e. The topological polar surface area (TPSA) is 78.8 Å². The van der Waals surface area contributed by atoms with E-state index in [0.717, 1.165) is 31.5 Å². The Balaban J connectivity index is 3.09. The van der Waals surface area contributed by atoms with Gasteiger partial charge in [0.15, 0.2) is 0 Å². The highest BCUT2D eigenvalue weighted by atomic mass is 28.4. The Morgan fingerprint density at radius 3 is 1.31 bits per heavy atom. The molecule has 0 bridgehead atoms. The quantitative estimate of drug-likeness (QED) is 0.139. The molecule has 0 aromatic carbocycles. The first-order valence-corrected chi connectivity index (χ1v) is 17.4.